The molecule has 91 heavy (non-hydrogen) atoms. The minimum atomic E-state index is -1.65. The van der Waals surface area contributed by atoms with E-state index in [1.54, 1.807) is 67.5 Å². The number of rotatable bonds is 20. The van der Waals surface area contributed by atoms with Crippen molar-refractivity contribution in [2.24, 2.45) is 40.6 Å². The van der Waals surface area contributed by atoms with E-state index < -0.39 is 162 Å². The van der Waals surface area contributed by atoms with Gasteiger partial charge in [0.1, 0.15) is 60.4 Å². The third-order valence-electron chi connectivity index (χ3n) is 16.8. The maximum Gasteiger partial charge on any atom is 0.246 e. The lowest BCUT2D eigenvalue weighted by molar-refractivity contribution is -0.157. The Hall–Kier alpha value is -6.86. The Morgan fingerprint density at radius 2 is 1.04 bits per heavy atom. The van der Waals surface area contributed by atoms with E-state index in [0.29, 0.717) is 12.8 Å². The van der Waals surface area contributed by atoms with Crippen molar-refractivity contribution in [3.8, 4) is 0 Å². The number of aliphatic hydroxyl groups is 1. The van der Waals surface area contributed by atoms with E-state index >= 15 is 9.59 Å². The molecule has 0 spiro atoms. The van der Waals surface area contributed by atoms with Crippen LogP contribution in [-0.2, 0) is 57.5 Å². The molecule has 1 fully saturated rings. The molecule has 1 aliphatic rings. The Balaban J connectivity index is 4.39. The summed E-state index contributed by atoms with van der Waals surface area (Å²) in [6.45, 7) is 27.1. The van der Waals surface area contributed by atoms with Crippen molar-refractivity contribution >= 4 is 65.0 Å². The summed E-state index contributed by atoms with van der Waals surface area (Å²) in [5.74, 6) is -10.4. The number of hydrogen-bond acceptors (Lipinski definition) is 14. The van der Waals surface area contributed by atoms with Crippen molar-refractivity contribution in [1.82, 2.24) is 55.6 Å². The third-order valence-corrected chi connectivity index (χ3v) is 16.8. The maximum atomic E-state index is 15.2. The standard InChI is InChI=1S/C64H114N14O13/c1-24-26-29-41(13)54(80)53-58(84)69-45(25-2)60(86)72(17)35-49(79)76(21)52(44(16)91-31-28-27-30-66-71-65)57(83)70-50(39(9)10)63(89)73(18)46(32-36(3)4)56(82)67-42(14)55(81)68-43(15)59(85)74(19)47(33-37(5)6)61(87)75(20)48(34-38(7)8)62(88)77(22)51(40(11)12)64(90)78(53)23/h24,26,36-48,50-54,80H,25,27-35H2,1-23H3,(H,67,82)(H,68,81)(H,69,84)(H,70,83)/t41-,42+,43-,44-,45+,46+,47+,48-,50+,51+,52+,53+,54-/m1/s1. The van der Waals surface area contributed by atoms with Gasteiger partial charge in [-0.15, -0.1) is 0 Å². The minimum Gasteiger partial charge on any atom is -0.390 e. The molecule has 13 atom stereocenters. The summed E-state index contributed by atoms with van der Waals surface area (Å²) in [5, 5.41) is 26.6. The highest BCUT2D eigenvalue weighted by Crippen LogP contribution is 2.26. The monoisotopic (exact) mass is 1290 g/mol. The molecule has 1 saturated heterocycles. The molecule has 0 aliphatic carbocycles. The Kier molecular flexibility index (Phi) is 35.1. The average molecular weight is 1290 g/mol. The summed E-state index contributed by atoms with van der Waals surface area (Å²) in [6, 6.07) is -13.0. The highest BCUT2D eigenvalue weighted by Gasteiger charge is 2.46. The number of carbonyl (C=O) groups excluding carboxylic acids is 11. The van der Waals surface area contributed by atoms with Gasteiger partial charge in [-0.2, -0.15) is 0 Å². The van der Waals surface area contributed by atoms with Crippen LogP contribution in [0.2, 0.25) is 0 Å². The van der Waals surface area contributed by atoms with Crippen molar-refractivity contribution in [1.29, 1.82) is 0 Å². The predicted octanol–water partition coefficient (Wildman–Crippen LogP) is 3.72. The van der Waals surface area contributed by atoms with Crippen molar-refractivity contribution < 1.29 is 62.6 Å². The molecule has 1 aliphatic heterocycles. The molecule has 27 heteroatoms. The normalized spacial score (nSPS) is 26.1. The Bertz CT molecular complexity index is 2540. The molecule has 0 bridgehead atoms. The number of carbonyl (C=O) groups is 11. The summed E-state index contributed by atoms with van der Waals surface area (Å²) in [4.78, 5) is 172. The Labute approximate surface area is 541 Å². The zero-order valence-corrected chi connectivity index (χ0v) is 58.9. The van der Waals surface area contributed by atoms with E-state index in [9.17, 15) is 48.3 Å². The summed E-state index contributed by atoms with van der Waals surface area (Å²) < 4.78 is 6.12. The molecule has 1 heterocycles. The van der Waals surface area contributed by atoms with Crippen LogP contribution in [0.15, 0.2) is 17.3 Å². The second-order valence-electron chi connectivity index (χ2n) is 26.6. The number of amides is 11. The average Bonchev–Trinajstić information content (AvgIpc) is 0.949. The van der Waals surface area contributed by atoms with Crippen LogP contribution in [-0.4, -0.2) is 246 Å². The largest absolute Gasteiger partial charge is 0.390 e. The van der Waals surface area contributed by atoms with E-state index in [4.69, 9.17) is 10.3 Å². The lowest BCUT2D eigenvalue weighted by atomic mass is 9.91. The van der Waals surface area contributed by atoms with Crippen LogP contribution in [0.25, 0.3) is 10.4 Å². The number of unbranched alkanes of at least 4 members (excludes halogenated alkanes) is 1. The first-order chi connectivity index (χ1) is 42.3. The van der Waals surface area contributed by atoms with Gasteiger partial charge in [-0.3, -0.25) is 52.7 Å². The first kappa shape index (κ1) is 82.2. The molecule has 0 saturated carbocycles. The number of allylic oxidation sites excluding steroid dienone is 2. The van der Waals surface area contributed by atoms with Crippen LogP contribution in [0, 0.1) is 35.5 Å². The SMILES string of the molecule is CC=CC[C@@H](C)[C@@H](O)[C@H]1C(=O)N[C@@H](CC)C(=O)N(C)CC(=O)N(C)[C@@H]([C@@H](C)OCCCCN=[N+]=[N-])C(=O)N[C@@H](C(C)C)C(=O)N(C)[C@@H](CC(C)C)C(=O)N[C@@H](C)C(=O)N[C@H](C)C(=O)N(C)[C@@H](CC(C)C)C(=O)N(C)[C@H](CC(C)C)C(=O)N(C)[C@@H](C(C)C)C(=O)N1C. The molecule has 11 amide bonds. The van der Waals surface area contributed by atoms with Gasteiger partial charge in [0.15, 0.2) is 0 Å². The van der Waals surface area contributed by atoms with Crippen molar-refractivity contribution in [3.05, 3.63) is 22.6 Å². The second kappa shape index (κ2) is 38.9. The van der Waals surface area contributed by atoms with Crippen molar-refractivity contribution in [2.75, 3.05) is 69.0 Å². The molecule has 27 nitrogen and oxygen atoms in total. The summed E-state index contributed by atoms with van der Waals surface area (Å²) in [7, 11) is 9.71. The van der Waals surface area contributed by atoms with E-state index in [1.807, 2.05) is 41.5 Å². The van der Waals surface area contributed by atoms with Gasteiger partial charge < -0.3 is 65.4 Å². The van der Waals surface area contributed by atoms with E-state index in [-0.39, 0.29) is 63.0 Å². The Morgan fingerprint density at radius 3 is 1.54 bits per heavy atom. The molecule has 0 aromatic rings. The van der Waals surface area contributed by atoms with Gasteiger partial charge in [-0.05, 0) is 114 Å². The van der Waals surface area contributed by atoms with E-state index in [1.165, 1.54) is 82.8 Å². The number of nitrogens with zero attached hydrogens (tertiary/aromatic N) is 10. The molecule has 0 radical (unpaired) electrons. The van der Waals surface area contributed by atoms with Crippen LogP contribution in [0.1, 0.15) is 156 Å². The fourth-order valence-corrected chi connectivity index (χ4v) is 11.2. The molecular formula is C64H114N14O13. The van der Waals surface area contributed by atoms with Gasteiger partial charge in [-0.1, -0.05) is 100 Å². The van der Waals surface area contributed by atoms with Crippen LogP contribution in [0.3, 0.4) is 0 Å². The number of aliphatic hydroxyl groups excluding tert-OH is 1. The lowest BCUT2D eigenvalue weighted by Gasteiger charge is -2.41. The third kappa shape index (κ3) is 24.0. The minimum absolute atomic E-state index is 0.0216. The van der Waals surface area contributed by atoms with E-state index in [0.717, 1.165) is 14.7 Å². The quantitative estimate of drug-likeness (QED) is 0.0382. The van der Waals surface area contributed by atoms with Gasteiger partial charge in [-0.25, -0.2) is 0 Å². The first-order valence-corrected chi connectivity index (χ1v) is 32.2. The van der Waals surface area contributed by atoms with Gasteiger partial charge >= 0.3 is 0 Å². The summed E-state index contributed by atoms with van der Waals surface area (Å²) in [6.07, 6.45) is 2.49. The molecule has 518 valence electrons. The highest BCUT2D eigenvalue weighted by molar-refractivity contribution is 5.99. The smallest absolute Gasteiger partial charge is 0.246 e. The lowest BCUT2D eigenvalue weighted by Crippen LogP contribution is -2.63. The first-order valence-electron chi connectivity index (χ1n) is 32.2. The second-order valence-corrected chi connectivity index (χ2v) is 26.6. The summed E-state index contributed by atoms with van der Waals surface area (Å²) in [5.41, 5.74) is 8.77. The van der Waals surface area contributed by atoms with Crippen molar-refractivity contribution in [2.45, 2.75) is 228 Å². The molecule has 5 N–H and O–H groups in total. The zero-order chi connectivity index (χ0) is 70.2. The fraction of sp³-hybridized carbons (Fsp3) is 0.797. The number of likely N-dealkylation sites (N-methyl/N-ethyl adjacent to an activating group) is 7. The molecule has 0 aromatic heterocycles. The van der Waals surface area contributed by atoms with Crippen LogP contribution in [0.4, 0.5) is 0 Å². The van der Waals surface area contributed by atoms with Crippen LogP contribution >= 0.6 is 0 Å². The van der Waals surface area contributed by atoms with Gasteiger partial charge in [0.25, 0.3) is 0 Å². The molecule has 1 rings (SSSR count). The highest BCUT2D eigenvalue weighted by atomic mass is 16.5. The molecule has 0 unspecified atom stereocenters. The van der Waals surface area contributed by atoms with E-state index in [2.05, 4.69) is 31.3 Å². The fourth-order valence-electron chi connectivity index (χ4n) is 11.2. The number of azide groups is 1. The van der Waals surface area contributed by atoms with Gasteiger partial charge in [0, 0.05) is 67.4 Å². The predicted molar refractivity (Wildman–Crippen MR) is 348 cm³/mol. The number of nitrogens with one attached hydrogen (secondary N) is 4. The Morgan fingerprint density at radius 1 is 0.560 bits per heavy atom. The zero-order valence-electron chi connectivity index (χ0n) is 58.9. The van der Waals surface area contributed by atoms with Crippen LogP contribution < -0.4 is 21.3 Å². The number of hydrogen-bond donors (Lipinski definition) is 5. The topological polar surface area (TPSA) is 337 Å². The number of ether oxygens (including phenoxy) is 1. The molecule has 0 aromatic carbocycles. The van der Waals surface area contributed by atoms with Gasteiger partial charge in [0.05, 0.1) is 18.8 Å². The molecular weight excluding hydrogens is 1170 g/mol. The van der Waals surface area contributed by atoms with Gasteiger partial charge in [0.2, 0.25) is 65.0 Å². The summed E-state index contributed by atoms with van der Waals surface area (Å²) >= 11 is 0. The maximum absolute atomic E-state index is 15.2. The van der Waals surface area contributed by atoms with Crippen LogP contribution in [0.5, 0.6) is 0 Å². The van der Waals surface area contributed by atoms with Crippen molar-refractivity contribution in [3.63, 3.8) is 0 Å².